The van der Waals surface area contributed by atoms with Gasteiger partial charge in [0.1, 0.15) is 23.3 Å². The summed E-state index contributed by atoms with van der Waals surface area (Å²) in [6, 6.07) is 54.8. The number of nitrogens with two attached hydrogens (primary N) is 1. The summed E-state index contributed by atoms with van der Waals surface area (Å²) in [6.07, 6.45) is 23.8. The molecule has 6 atom stereocenters. The van der Waals surface area contributed by atoms with E-state index in [-0.39, 0.29) is 87.1 Å². The number of nitro groups is 1. The van der Waals surface area contributed by atoms with E-state index in [0.717, 1.165) is 124 Å². The number of Topliss-reactive ketones (excluding diaryl/α,β-unsaturated/α-hetero) is 5. The molecule has 17 nitrogen and oxygen atoms in total. The van der Waals surface area contributed by atoms with E-state index >= 15 is 0 Å². The number of thiophene rings is 2. The van der Waals surface area contributed by atoms with Gasteiger partial charge in [-0.2, -0.15) is 0 Å². The molecular weight excluding hydrogens is 1410 g/mol. The Hall–Kier alpha value is -11.6. The van der Waals surface area contributed by atoms with Crippen molar-refractivity contribution in [3.05, 3.63) is 234 Å². The number of rotatable bonds is 21. The minimum Gasteiger partial charge on any atom is -0.398 e. The molecule has 5 heterocycles. The molecule has 3 saturated carbocycles. The summed E-state index contributed by atoms with van der Waals surface area (Å²) in [5.74, 6) is 7.47. The number of carbonyl (C=O) groups is 6. The number of ketones is 5. The number of benzene rings is 7. The summed E-state index contributed by atoms with van der Waals surface area (Å²) in [4.78, 5) is 105. The first kappa shape index (κ1) is 75.6. The number of hydrogen-bond acceptors (Lipinski definition) is 14. The van der Waals surface area contributed by atoms with Crippen LogP contribution in [0.1, 0.15) is 208 Å². The Balaban J connectivity index is 0.000000144. The third-order valence-electron chi connectivity index (χ3n) is 21.3. The van der Waals surface area contributed by atoms with Gasteiger partial charge >= 0.3 is 0 Å². The van der Waals surface area contributed by atoms with Crippen LogP contribution in [0.15, 0.2) is 182 Å². The fraction of sp³-hybridized carbons (Fsp3) is 0.292. The minimum atomic E-state index is -0.390. The smallest absolute Gasteiger partial charge is 0.280 e. The Kier molecular flexibility index (Phi) is 23.7. The van der Waals surface area contributed by atoms with Crippen molar-refractivity contribution in [3.63, 3.8) is 0 Å². The van der Waals surface area contributed by atoms with E-state index in [1.54, 1.807) is 66.7 Å². The standard InChI is InChI=1S/C30H27N3O4S.C30H29N3O2S.C29H28FN3O2/c1-3-22-13-15-29(38-22)28(35)17-19-8-7-9-21(16-19)32-26-14-12-20(27(34)4-2)18-24(26)31-30(32)23-10-5-6-11-25(23)33(36)37;1-3-22-13-15-29(36-22)28(35)17-19-8-7-9-21(16-19)33-26-14-12-20(27(34)4-2)18-25(26)32-30(33)23-10-5-6-11-24(23)31;1-2-27(34)19-15-16-26-25(18-19)32-28(23-13-6-7-14-24(23)30)33(26)22-12-8-9-20(17-22)29(35)31-21-10-4-3-5-11-21/h1,5-6,10-15,18-19,21H,4,7-9,16-17H2,2H3;1,5-6,10-15,18-19,21H,4,7-9,16-17,31H2,2H3;3-7,10-11,13-16,18,20,22H,2,8-9,12,17H2,1H3,(H,31,35)/t2*19-,21+;20-,22+/m111/s1. The molecule has 3 aliphatic carbocycles. The first-order chi connectivity index (χ1) is 52.9. The highest BCUT2D eigenvalue weighted by Crippen LogP contribution is 2.45. The van der Waals surface area contributed by atoms with Gasteiger partial charge in [-0.25, -0.2) is 19.3 Å². The number of carbonyl (C=O) groups excluding carboxylic acids is 6. The highest BCUT2D eigenvalue weighted by atomic mass is 32.1. The highest BCUT2D eigenvalue weighted by Gasteiger charge is 2.35. The molecule has 0 bridgehead atoms. The molecule has 552 valence electrons. The first-order valence-electron chi connectivity index (χ1n) is 37.5. The van der Waals surface area contributed by atoms with Crippen LogP contribution in [0.4, 0.5) is 21.5 Å². The third-order valence-corrected chi connectivity index (χ3v) is 23.4. The molecule has 0 unspecified atom stereocenters. The van der Waals surface area contributed by atoms with E-state index in [1.165, 1.54) is 34.8 Å². The fourth-order valence-corrected chi connectivity index (χ4v) is 17.4. The number of aromatic nitrogens is 6. The number of terminal acetylenes is 2. The Morgan fingerprint density at radius 3 is 1.37 bits per heavy atom. The van der Waals surface area contributed by atoms with Crippen molar-refractivity contribution < 1.29 is 38.1 Å². The predicted molar refractivity (Wildman–Crippen MR) is 431 cm³/mol. The molecule has 109 heavy (non-hydrogen) atoms. The maximum absolute atomic E-state index is 14.9. The number of imidazole rings is 3. The van der Waals surface area contributed by atoms with Crippen LogP contribution in [0.5, 0.6) is 0 Å². The molecule has 0 spiro atoms. The van der Waals surface area contributed by atoms with Gasteiger partial charge in [-0.15, -0.1) is 35.5 Å². The number of nitro benzene ring substituents is 1. The number of amides is 1. The molecule has 20 heteroatoms. The SMILES string of the molecule is C#Cc1ccc(C(=O)C[C@@H]2CCC[C@H](n3c(-c4ccccc4N)nc4cc(C(=O)CC)ccc43)C2)s1.C#Cc1ccc(C(=O)C[C@@H]2CCC[C@H](n3c(-c4ccccc4[N+](=O)[O-])nc4cc(C(=O)CC)ccc43)C2)s1.CCC(=O)c1ccc2c(c1)nc(-c1ccccc1F)n2[C@H]1CCC[C@@H](C(=O)Nc2ccccc2)C1. The normalized spacial score (nSPS) is 17.6. The molecule has 3 fully saturated rings. The molecule has 0 saturated heterocycles. The van der Waals surface area contributed by atoms with Gasteiger partial charge in [-0.1, -0.05) is 106 Å². The maximum atomic E-state index is 14.9. The highest BCUT2D eigenvalue weighted by molar-refractivity contribution is 7.14. The van der Waals surface area contributed by atoms with E-state index in [1.807, 2.05) is 124 Å². The van der Waals surface area contributed by atoms with Gasteiger partial charge in [0.15, 0.2) is 28.9 Å². The lowest BCUT2D eigenvalue weighted by Gasteiger charge is -2.31. The summed E-state index contributed by atoms with van der Waals surface area (Å²) in [7, 11) is 0. The number of anilines is 2. The molecule has 3 N–H and O–H groups in total. The fourth-order valence-electron chi connectivity index (χ4n) is 15.9. The van der Waals surface area contributed by atoms with Gasteiger partial charge in [0, 0.05) is 95.8 Å². The molecular formula is C89H84FN9O8S2. The topological polar surface area (TPSA) is 237 Å². The van der Waals surface area contributed by atoms with Crippen LogP contribution < -0.4 is 11.1 Å². The molecule has 0 radical (unpaired) electrons. The van der Waals surface area contributed by atoms with Crippen LogP contribution in [0.2, 0.25) is 0 Å². The first-order valence-corrected chi connectivity index (χ1v) is 39.1. The quantitative estimate of drug-likeness (QED) is 0.0225. The molecule has 7 aromatic carbocycles. The van der Waals surface area contributed by atoms with E-state index in [2.05, 4.69) is 30.9 Å². The summed E-state index contributed by atoms with van der Waals surface area (Å²) in [6.45, 7) is 5.52. The van der Waals surface area contributed by atoms with Gasteiger partial charge in [0.2, 0.25) is 5.91 Å². The second kappa shape index (κ2) is 34.1. The molecule has 3 aliphatic rings. The Labute approximate surface area is 640 Å². The minimum absolute atomic E-state index is 0.00795. The predicted octanol–water partition coefficient (Wildman–Crippen LogP) is 21.0. The largest absolute Gasteiger partial charge is 0.398 e. The maximum Gasteiger partial charge on any atom is 0.280 e. The molecule has 0 aliphatic heterocycles. The number of nitrogen functional groups attached to an aromatic ring is 1. The monoisotopic (exact) mass is 1490 g/mol. The second-order valence-electron chi connectivity index (χ2n) is 28.3. The van der Waals surface area contributed by atoms with Crippen molar-refractivity contribution in [3.8, 4) is 58.9 Å². The Morgan fingerprint density at radius 1 is 0.505 bits per heavy atom. The molecule has 15 rings (SSSR count). The van der Waals surface area contributed by atoms with Crippen LogP contribution in [-0.2, 0) is 4.79 Å². The number of fused-ring (bicyclic) bond motifs is 3. The van der Waals surface area contributed by atoms with Crippen LogP contribution in [0.25, 0.3) is 67.3 Å². The lowest BCUT2D eigenvalue weighted by molar-refractivity contribution is -0.384. The van der Waals surface area contributed by atoms with E-state index in [0.29, 0.717) is 99.6 Å². The second-order valence-corrected chi connectivity index (χ2v) is 30.5. The zero-order chi connectivity index (χ0) is 76.4. The Morgan fingerprint density at radius 2 is 0.917 bits per heavy atom. The number of nitrogens with one attached hydrogen (secondary N) is 1. The van der Waals surface area contributed by atoms with Gasteiger partial charge in [0.05, 0.1) is 68.7 Å². The lowest BCUT2D eigenvalue weighted by Crippen LogP contribution is -2.29. The molecule has 5 aromatic heterocycles. The summed E-state index contributed by atoms with van der Waals surface area (Å²) < 4.78 is 21.4. The number of halogens is 1. The zero-order valence-corrected chi connectivity index (χ0v) is 62.8. The Bertz CT molecular complexity index is 5540. The summed E-state index contributed by atoms with van der Waals surface area (Å²) in [5, 5.41) is 14.9. The summed E-state index contributed by atoms with van der Waals surface area (Å²) >= 11 is 2.74. The van der Waals surface area contributed by atoms with Crippen molar-refractivity contribution >= 4 is 108 Å². The van der Waals surface area contributed by atoms with Gasteiger partial charge in [0.25, 0.3) is 5.69 Å². The van der Waals surface area contributed by atoms with Crippen LogP contribution in [-0.4, -0.2) is 68.4 Å². The summed E-state index contributed by atoms with van der Waals surface area (Å²) in [5.41, 5.74) is 16.2. The van der Waals surface area contributed by atoms with E-state index in [9.17, 15) is 43.3 Å². The average Bonchev–Trinajstić information content (AvgIpc) is 1.63. The van der Waals surface area contributed by atoms with E-state index in [4.69, 9.17) is 33.5 Å². The van der Waals surface area contributed by atoms with Crippen LogP contribution in [0.3, 0.4) is 0 Å². The molecule has 1 amide bonds. The van der Waals surface area contributed by atoms with E-state index < -0.39 is 0 Å². The van der Waals surface area contributed by atoms with Crippen molar-refractivity contribution in [2.75, 3.05) is 11.1 Å². The molecule has 12 aromatic rings. The van der Waals surface area contributed by atoms with Gasteiger partial charge in [-0.3, -0.25) is 38.9 Å². The lowest BCUT2D eigenvalue weighted by atomic mass is 9.82. The zero-order valence-electron chi connectivity index (χ0n) is 61.1. The number of hydrogen-bond donors (Lipinski definition) is 2. The number of nitrogens with zero attached hydrogens (tertiary/aromatic N) is 7. The average molecular weight is 1490 g/mol. The van der Waals surface area contributed by atoms with Gasteiger partial charge < -0.3 is 24.8 Å². The van der Waals surface area contributed by atoms with Crippen molar-refractivity contribution in [2.24, 2.45) is 17.8 Å². The van der Waals surface area contributed by atoms with Crippen molar-refractivity contribution in [1.29, 1.82) is 0 Å². The number of para-hydroxylation sites is 3. The van der Waals surface area contributed by atoms with Crippen molar-refractivity contribution in [2.45, 2.75) is 148 Å². The van der Waals surface area contributed by atoms with Gasteiger partial charge in [-0.05, 0) is 191 Å². The van der Waals surface area contributed by atoms with Crippen LogP contribution in [0, 0.1) is 58.4 Å². The van der Waals surface area contributed by atoms with Crippen molar-refractivity contribution in [1.82, 2.24) is 28.7 Å². The third kappa shape index (κ3) is 16.8. The van der Waals surface area contributed by atoms with Crippen LogP contribution >= 0.6 is 22.7 Å².